The molecule has 1 aromatic carbocycles. The number of aromatic nitrogens is 2. The van der Waals surface area contributed by atoms with Gasteiger partial charge in [0, 0.05) is 18.9 Å². The number of hydrogen-bond donors (Lipinski definition) is 1. The molecule has 0 aliphatic carbocycles. The van der Waals surface area contributed by atoms with E-state index >= 15 is 0 Å². The molecule has 5 heteroatoms. The number of hydrogen-bond acceptors (Lipinski definition) is 2. The quantitative estimate of drug-likeness (QED) is 0.885. The van der Waals surface area contributed by atoms with Crippen LogP contribution < -0.4 is 5.73 Å². The molecule has 0 saturated carbocycles. The van der Waals surface area contributed by atoms with Crippen LogP contribution in [0.2, 0.25) is 0 Å². The van der Waals surface area contributed by atoms with Crippen LogP contribution in [0.15, 0.2) is 42.7 Å². The highest BCUT2D eigenvalue weighted by Crippen LogP contribution is 2.27. The van der Waals surface area contributed by atoms with Crippen molar-refractivity contribution < 1.29 is 8.78 Å². The number of rotatable bonds is 4. The third-order valence-corrected chi connectivity index (χ3v) is 2.65. The Hall–Kier alpha value is -1.75. The summed E-state index contributed by atoms with van der Waals surface area (Å²) in [5, 5.41) is 4.05. The van der Waals surface area contributed by atoms with Gasteiger partial charge >= 0.3 is 0 Å². The van der Waals surface area contributed by atoms with Gasteiger partial charge in [-0.2, -0.15) is 5.10 Å². The number of alkyl halides is 2. The van der Waals surface area contributed by atoms with Gasteiger partial charge in [-0.05, 0) is 17.7 Å². The third kappa shape index (κ3) is 2.34. The number of benzene rings is 1. The van der Waals surface area contributed by atoms with E-state index in [2.05, 4.69) is 5.10 Å². The first-order chi connectivity index (χ1) is 8.24. The topological polar surface area (TPSA) is 43.8 Å². The first-order valence-electron chi connectivity index (χ1n) is 5.31. The Morgan fingerprint density at radius 1 is 1.24 bits per heavy atom. The van der Waals surface area contributed by atoms with Crippen LogP contribution in [-0.4, -0.2) is 22.8 Å². The molecule has 1 heterocycles. The van der Waals surface area contributed by atoms with Gasteiger partial charge in [-0.1, -0.05) is 18.2 Å². The molecule has 3 nitrogen and oxygen atoms in total. The van der Waals surface area contributed by atoms with E-state index in [1.165, 1.54) is 0 Å². The molecular formula is C12H13F2N3. The molecule has 2 N–H and O–H groups in total. The van der Waals surface area contributed by atoms with Crippen molar-refractivity contribution in [3.05, 3.63) is 48.3 Å². The highest BCUT2D eigenvalue weighted by molar-refractivity contribution is 5.43. The van der Waals surface area contributed by atoms with Crippen LogP contribution in [0.25, 0.3) is 5.69 Å². The van der Waals surface area contributed by atoms with Crippen molar-refractivity contribution in [3.63, 3.8) is 0 Å². The van der Waals surface area contributed by atoms with E-state index in [4.69, 9.17) is 5.73 Å². The van der Waals surface area contributed by atoms with Crippen molar-refractivity contribution in [3.8, 4) is 5.69 Å². The SMILES string of the molecule is NCC(c1ccccc1-n1cccn1)C(F)F. The molecule has 0 spiro atoms. The molecule has 0 saturated heterocycles. The van der Waals surface area contributed by atoms with Crippen LogP contribution in [0.3, 0.4) is 0 Å². The first kappa shape index (κ1) is 11.7. The molecule has 90 valence electrons. The Morgan fingerprint density at radius 2 is 2.00 bits per heavy atom. The zero-order valence-corrected chi connectivity index (χ0v) is 9.13. The van der Waals surface area contributed by atoms with Crippen LogP contribution >= 0.6 is 0 Å². The second kappa shape index (κ2) is 5.05. The highest BCUT2D eigenvalue weighted by Gasteiger charge is 2.23. The number of para-hydroxylation sites is 1. The summed E-state index contributed by atoms with van der Waals surface area (Å²) < 4.78 is 27.4. The van der Waals surface area contributed by atoms with E-state index in [9.17, 15) is 8.78 Å². The minimum Gasteiger partial charge on any atom is -0.330 e. The van der Waals surface area contributed by atoms with Gasteiger partial charge in [0.15, 0.2) is 0 Å². The van der Waals surface area contributed by atoms with Crippen molar-refractivity contribution in [1.29, 1.82) is 0 Å². The fraction of sp³-hybridized carbons (Fsp3) is 0.250. The summed E-state index contributed by atoms with van der Waals surface area (Å²) in [6, 6.07) is 8.69. The second-order valence-corrected chi connectivity index (χ2v) is 3.69. The average molecular weight is 237 g/mol. The van der Waals surface area contributed by atoms with Crippen molar-refractivity contribution in [2.75, 3.05) is 6.54 Å². The van der Waals surface area contributed by atoms with Gasteiger partial charge in [0.05, 0.1) is 11.6 Å². The molecule has 2 rings (SSSR count). The predicted octanol–water partition coefficient (Wildman–Crippen LogP) is 2.18. The molecule has 0 radical (unpaired) electrons. The van der Waals surface area contributed by atoms with E-state index in [1.54, 1.807) is 47.4 Å². The Kier molecular flexibility index (Phi) is 3.49. The maximum Gasteiger partial charge on any atom is 0.246 e. The van der Waals surface area contributed by atoms with Crippen molar-refractivity contribution in [2.45, 2.75) is 12.3 Å². The van der Waals surface area contributed by atoms with E-state index < -0.39 is 12.3 Å². The molecule has 2 aromatic rings. The summed E-state index contributed by atoms with van der Waals surface area (Å²) in [7, 11) is 0. The lowest BCUT2D eigenvalue weighted by Crippen LogP contribution is -2.21. The molecule has 0 bridgehead atoms. The zero-order chi connectivity index (χ0) is 12.3. The van der Waals surface area contributed by atoms with Gasteiger partial charge in [0.25, 0.3) is 0 Å². The van der Waals surface area contributed by atoms with E-state index in [-0.39, 0.29) is 6.54 Å². The summed E-state index contributed by atoms with van der Waals surface area (Å²) in [5.74, 6) is -0.963. The lowest BCUT2D eigenvalue weighted by Gasteiger charge is -2.17. The Balaban J connectivity index is 2.47. The number of halogens is 2. The lowest BCUT2D eigenvalue weighted by molar-refractivity contribution is 0.117. The minimum absolute atomic E-state index is 0.0874. The predicted molar refractivity (Wildman–Crippen MR) is 61.4 cm³/mol. The second-order valence-electron chi connectivity index (χ2n) is 3.69. The van der Waals surface area contributed by atoms with Crippen molar-refractivity contribution in [2.24, 2.45) is 5.73 Å². The first-order valence-corrected chi connectivity index (χ1v) is 5.31. The van der Waals surface area contributed by atoms with E-state index in [0.29, 0.717) is 11.3 Å². The molecule has 1 atom stereocenters. The highest BCUT2D eigenvalue weighted by atomic mass is 19.3. The molecular weight excluding hydrogens is 224 g/mol. The van der Waals surface area contributed by atoms with Crippen LogP contribution in [0, 0.1) is 0 Å². The van der Waals surface area contributed by atoms with Gasteiger partial charge in [0.1, 0.15) is 0 Å². The Morgan fingerprint density at radius 3 is 2.59 bits per heavy atom. The monoisotopic (exact) mass is 237 g/mol. The molecule has 0 aliphatic rings. The van der Waals surface area contributed by atoms with Crippen LogP contribution in [-0.2, 0) is 0 Å². The number of nitrogens with two attached hydrogens (primary N) is 1. The average Bonchev–Trinajstić information content (AvgIpc) is 2.83. The molecule has 0 fully saturated rings. The molecule has 0 amide bonds. The van der Waals surface area contributed by atoms with Gasteiger partial charge in [-0.3, -0.25) is 0 Å². The summed E-state index contributed by atoms with van der Waals surface area (Å²) in [6.45, 7) is -0.0874. The largest absolute Gasteiger partial charge is 0.330 e. The maximum absolute atomic E-state index is 12.9. The van der Waals surface area contributed by atoms with Gasteiger partial charge in [0.2, 0.25) is 6.43 Å². The van der Waals surface area contributed by atoms with Gasteiger partial charge in [-0.15, -0.1) is 0 Å². The Labute approximate surface area is 97.9 Å². The van der Waals surface area contributed by atoms with Crippen LogP contribution in [0.4, 0.5) is 8.78 Å². The zero-order valence-electron chi connectivity index (χ0n) is 9.13. The van der Waals surface area contributed by atoms with E-state index in [0.717, 1.165) is 0 Å². The number of nitrogens with zero attached hydrogens (tertiary/aromatic N) is 2. The summed E-state index contributed by atoms with van der Waals surface area (Å²) in [6.07, 6.45) is 0.853. The standard InChI is InChI=1S/C12H13F2N3/c13-12(14)10(8-15)9-4-1-2-5-11(9)17-7-3-6-16-17/h1-7,10,12H,8,15H2. The van der Waals surface area contributed by atoms with Gasteiger partial charge in [-0.25, -0.2) is 13.5 Å². The Bertz CT molecular complexity index is 468. The van der Waals surface area contributed by atoms with Gasteiger partial charge < -0.3 is 5.73 Å². The summed E-state index contributed by atoms with van der Waals surface area (Å²) >= 11 is 0. The van der Waals surface area contributed by atoms with Crippen LogP contribution in [0.5, 0.6) is 0 Å². The fourth-order valence-corrected chi connectivity index (χ4v) is 1.79. The summed E-state index contributed by atoms with van der Waals surface area (Å²) in [4.78, 5) is 0. The molecule has 1 unspecified atom stereocenters. The van der Waals surface area contributed by atoms with Crippen molar-refractivity contribution >= 4 is 0 Å². The maximum atomic E-state index is 12.9. The molecule has 1 aromatic heterocycles. The van der Waals surface area contributed by atoms with E-state index in [1.807, 2.05) is 0 Å². The lowest BCUT2D eigenvalue weighted by atomic mass is 9.98. The fourth-order valence-electron chi connectivity index (χ4n) is 1.79. The molecule has 17 heavy (non-hydrogen) atoms. The van der Waals surface area contributed by atoms with Crippen molar-refractivity contribution in [1.82, 2.24) is 9.78 Å². The minimum atomic E-state index is -2.48. The molecule has 0 aliphatic heterocycles. The van der Waals surface area contributed by atoms with Crippen LogP contribution in [0.1, 0.15) is 11.5 Å². The third-order valence-electron chi connectivity index (χ3n) is 2.65. The smallest absolute Gasteiger partial charge is 0.246 e. The normalized spacial score (nSPS) is 12.9. The summed E-state index contributed by atoms with van der Waals surface area (Å²) in [5.41, 5.74) is 6.59.